The third-order valence-electron chi connectivity index (χ3n) is 3.16. The minimum absolute atomic E-state index is 0.00331. The van der Waals surface area contributed by atoms with Gasteiger partial charge in [-0.2, -0.15) is 11.8 Å². The minimum atomic E-state index is -3.56. The van der Waals surface area contributed by atoms with Crippen LogP contribution in [0.2, 0.25) is 0 Å². The highest BCUT2D eigenvalue weighted by molar-refractivity contribution is 7.99. The molecule has 2 rings (SSSR count). The van der Waals surface area contributed by atoms with Gasteiger partial charge in [-0.15, -0.1) is 0 Å². The molecule has 7 heteroatoms. The molecule has 2 unspecified atom stereocenters. The molecule has 1 saturated carbocycles. The molecule has 1 aliphatic carbocycles. The van der Waals surface area contributed by atoms with Gasteiger partial charge >= 0.3 is 0 Å². The molecule has 18 heavy (non-hydrogen) atoms. The SMILES string of the molecule is CSC1CCCC1NS(=O)(=O)c1ccc(CN)o1. The highest BCUT2D eigenvalue weighted by atomic mass is 32.2. The Morgan fingerprint density at radius 2 is 2.28 bits per heavy atom. The topological polar surface area (TPSA) is 85.3 Å². The number of sulfonamides is 1. The van der Waals surface area contributed by atoms with Gasteiger partial charge in [0, 0.05) is 11.3 Å². The maximum Gasteiger partial charge on any atom is 0.274 e. The van der Waals surface area contributed by atoms with Crippen molar-refractivity contribution in [3.8, 4) is 0 Å². The van der Waals surface area contributed by atoms with Crippen LogP contribution in [-0.4, -0.2) is 26.0 Å². The van der Waals surface area contributed by atoms with Gasteiger partial charge in [-0.3, -0.25) is 0 Å². The number of hydrogen-bond acceptors (Lipinski definition) is 5. The van der Waals surface area contributed by atoms with Crippen LogP contribution >= 0.6 is 11.8 Å². The summed E-state index contributed by atoms with van der Waals surface area (Å²) < 4.78 is 32.2. The molecule has 3 N–H and O–H groups in total. The zero-order valence-electron chi connectivity index (χ0n) is 10.3. The molecule has 1 aromatic heterocycles. The van der Waals surface area contributed by atoms with E-state index in [4.69, 9.17) is 10.2 Å². The lowest BCUT2D eigenvalue weighted by Crippen LogP contribution is -2.38. The highest BCUT2D eigenvalue weighted by Crippen LogP contribution is 2.29. The lowest BCUT2D eigenvalue weighted by atomic mass is 10.3. The van der Waals surface area contributed by atoms with Crippen molar-refractivity contribution in [1.29, 1.82) is 0 Å². The van der Waals surface area contributed by atoms with E-state index in [0.717, 1.165) is 19.3 Å². The van der Waals surface area contributed by atoms with Crippen LogP contribution in [0.25, 0.3) is 0 Å². The van der Waals surface area contributed by atoms with Gasteiger partial charge in [-0.05, 0) is 31.2 Å². The first-order valence-corrected chi connectivity index (χ1v) is 8.68. The van der Waals surface area contributed by atoms with Gasteiger partial charge in [0.15, 0.2) is 0 Å². The maximum atomic E-state index is 12.1. The van der Waals surface area contributed by atoms with Gasteiger partial charge in [0.1, 0.15) is 5.76 Å². The van der Waals surface area contributed by atoms with Crippen molar-refractivity contribution in [3.63, 3.8) is 0 Å². The van der Waals surface area contributed by atoms with Crippen LogP contribution in [0, 0.1) is 0 Å². The lowest BCUT2D eigenvalue weighted by molar-refractivity contribution is 0.410. The third-order valence-corrected chi connectivity index (χ3v) is 5.70. The van der Waals surface area contributed by atoms with Gasteiger partial charge in [0.2, 0.25) is 5.09 Å². The van der Waals surface area contributed by atoms with E-state index in [9.17, 15) is 8.42 Å². The van der Waals surface area contributed by atoms with Crippen LogP contribution in [-0.2, 0) is 16.6 Å². The molecular weight excluding hydrogens is 272 g/mol. The number of hydrogen-bond donors (Lipinski definition) is 2. The molecule has 0 saturated heterocycles. The fraction of sp³-hybridized carbons (Fsp3) is 0.636. The fourth-order valence-corrected chi connectivity index (χ4v) is 4.49. The average Bonchev–Trinajstić information content (AvgIpc) is 2.96. The lowest BCUT2D eigenvalue weighted by Gasteiger charge is -2.18. The van der Waals surface area contributed by atoms with Crippen LogP contribution in [0.5, 0.6) is 0 Å². The summed E-state index contributed by atoms with van der Waals surface area (Å²) >= 11 is 1.71. The molecule has 0 spiro atoms. The second-order valence-electron chi connectivity index (χ2n) is 4.36. The minimum Gasteiger partial charge on any atom is -0.447 e. The molecule has 0 radical (unpaired) electrons. The van der Waals surface area contributed by atoms with Crippen molar-refractivity contribution in [1.82, 2.24) is 4.72 Å². The number of nitrogens with one attached hydrogen (secondary N) is 1. The first kappa shape index (κ1) is 13.9. The van der Waals surface area contributed by atoms with Crippen LogP contribution < -0.4 is 10.5 Å². The summed E-state index contributed by atoms with van der Waals surface area (Å²) in [5.74, 6) is 0.475. The summed E-state index contributed by atoms with van der Waals surface area (Å²) in [7, 11) is -3.56. The maximum absolute atomic E-state index is 12.1. The standard InChI is InChI=1S/C11H18N2O3S2/c1-17-10-4-2-3-9(10)13-18(14,15)11-6-5-8(7-12)16-11/h5-6,9-10,13H,2-4,7,12H2,1H3. The average molecular weight is 290 g/mol. The molecule has 1 aromatic rings. The number of thioether (sulfide) groups is 1. The highest BCUT2D eigenvalue weighted by Gasteiger charge is 2.31. The number of nitrogens with two attached hydrogens (primary N) is 1. The van der Waals surface area contributed by atoms with E-state index in [2.05, 4.69) is 4.72 Å². The first-order valence-electron chi connectivity index (χ1n) is 5.90. The number of rotatable bonds is 5. The molecule has 2 atom stereocenters. The summed E-state index contributed by atoms with van der Waals surface area (Å²) in [6.45, 7) is 0.201. The predicted molar refractivity (Wildman–Crippen MR) is 71.9 cm³/mol. The summed E-state index contributed by atoms with van der Waals surface area (Å²) in [6, 6.07) is 3.04. The number of furan rings is 1. The summed E-state index contributed by atoms with van der Waals surface area (Å²) in [6.07, 6.45) is 5.01. The first-order chi connectivity index (χ1) is 8.56. The Morgan fingerprint density at radius 3 is 2.89 bits per heavy atom. The van der Waals surface area contributed by atoms with E-state index in [0.29, 0.717) is 11.0 Å². The summed E-state index contributed by atoms with van der Waals surface area (Å²) in [4.78, 5) is 0. The van der Waals surface area contributed by atoms with E-state index >= 15 is 0 Å². The fourth-order valence-electron chi connectivity index (χ4n) is 2.21. The second-order valence-corrected chi connectivity index (χ2v) is 7.08. The predicted octanol–water partition coefficient (Wildman–Crippen LogP) is 1.30. The Labute approximate surface area is 112 Å². The summed E-state index contributed by atoms with van der Waals surface area (Å²) in [5, 5.41) is 0.304. The van der Waals surface area contributed by atoms with Crippen molar-refractivity contribution in [2.45, 2.75) is 42.2 Å². The Kier molecular flexibility index (Phi) is 4.37. The van der Waals surface area contributed by atoms with E-state index in [1.165, 1.54) is 6.07 Å². The van der Waals surface area contributed by atoms with Gasteiger partial charge in [-0.25, -0.2) is 13.1 Å². The molecule has 1 heterocycles. The smallest absolute Gasteiger partial charge is 0.274 e. The van der Waals surface area contributed by atoms with Gasteiger partial charge in [-0.1, -0.05) is 6.42 Å². The molecular formula is C11H18N2O3S2. The third kappa shape index (κ3) is 2.90. The molecule has 1 fully saturated rings. The Morgan fingerprint density at radius 1 is 1.50 bits per heavy atom. The Hall–Kier alpha value is -0.500. The molecule has 0 amide bonds. The summed E-state index contributed by atoms with van der Waals surface area (Å²) in [5.41, 5.74) is 5.40. The zero-order chi connectivity index (χ0) is 13.2. The molecule has 5 nitrogen and oxygen atoms in total. The van der Waals surface area contributed by atoms with E-state index < -0.39 is 10.0 Å². The molecule has 0 bridgehead atoms. The van der Waals surface area contributed by atoms with Crippen molar-refractivity contribution >= 4 is 21.8 Å². The van der Waals surface area contributed by atoms with E-state index in [1.807, 2.05) is 6.26 Å². The normalized spacial score (nSPS) is 24.6. The second kappa shape index (κ2) is 5.64. The quantitative estimate of drug-likeness (QED) is 0.854. The van der Waals surface area contributed by atoms with Crippen LogP contribution in [0.4, 0.5) is 0 Å². The monoisotopic (exact) mass is 290 g/mol. The van der Waals surface area contributed by atoms with Gasteiger partial charge in [0.25, 0.3) is 10.0 Å². The molecule has 1 aliphatic rings. The zero-order valence-corrected chi connectivity index (χ0v) is 11.9. The Bertz CT molecular complexity index is 498. The van der Waals surface area contributed by atoms with Crippen molar-refractivity contribution in [2.24, 2.45) is 5.73 Å². The van der Waals surface area contributed by atoms with Crippen LogP contribution in [0.15, 0.2) is 21.6 Å². The largest absolute Gasteiger partial charge is 0.447 e. The Balaban J connectivity index is 2.11. The van der Waals surface area contributed by atoms with Crippen molar-refractivity contribution in [3.05, 3.63) is 17.9 Å². The van der Waals surface area contributed by atoms with Crippen molar-refractivity contribution in [2.75, 3.05) is 6.26 Å². The van der Waals surface area contributed by atoms with Gasteiger partial charge in [0.05, 0.1) is 6.54 Å². The van der Waals surface area contributed by atoms with E-state index in [1.54, 1.807) is 17.8 Å². The molecule has 0 aliphatic heterocycles. The van der Waals surface area contributed by atoms with Gasteiger partial charge < -0.3 is 10.2 Å². The van der Waals surface area contributed by atoms with E-state index in [-0.39, 0.29) is 17.7 Å². The van der Waals surface area contributed by atoms with Crippen molar-refractivity contribution < 1.29 is 12.8 Å². The van der Waals surface area contributed by atoms with Crippen LogP contribution in [0.1, 0.15) is 25.0 Å². The molecule has 0 aromatic carbocycles. The van der Waals surface area contributed by atoms with Crippen LogP contribution in [0.3, 0.4) is 0 Å². The molecule has 102 valence electrons.